The van der Waals surface area contributed by atoms with Crippen LogP contribution >= 0.6 is 0 Å². The van der Waals surface area contributed by atoms with Gasteiger partial charge in [-0.05, 0) is 44.0 Å². The van der Waals surface area contributed by atoms with Crippen molar-refractivity contribution >= 4 is 0 Å². The molecule has 0 bridgehead atoms. The standard InChI is InChI=1S/C16H26FN3/c1-16(2,3)20-6-4-19(5-7-20)12-14-8-13(11-18)9-15(17)10-14/h8-10H,4-7,11-12,18H2,1-3H3. The summed E-state index contributed by atoms with van der Waals surface area (Å²) in [6.45, 7) is 12.2. The largest absolute Gasteiger partial charge is 0.326 e. The molecule has 112 valence electrons. The molecule has 0 saturated carbocycles. The highest BCUT2D eigenvalue weighted by molar-refractivity contribution is 5.24. The van der Waals surface area contributed by atoms with E-state index in [-0.39, 0.29) is 11.4 Å². The normalized spacial score (nSPS) is 18.4. The summed E-state index contributed by atoms with van der Waals surface area (Å²) in [6.07, 6.45) is 0. The molecule has 1 saturated heterocycles. The summed E-state index contributed by atoms with van der Waals surface area (Å²) in [5.41, 5.74) is 7.73. The fourth-order valence-electron chi connectivity index (χ4n) is 2.76. The molecule has 0 aromatic heterocycles. The molecule has 4 heteroatoms. The molecule has 0 atom stereocenters. The van der Waals surface area contributed by atoms with Crippen molar-refractivity contribution in [2.45, 2.75) is 39.4 Å². The zero-order chi connectivity index (χ0) is 14.8. The van der Waals surface area contributed by atoms with E-state index < -0.39 is 0 Å². The lowest BCUT2D eigenvalue weighted by Crippen LogP contribution is -2.53. The summed E-state index contributed by atoms with van der Waals surface area (Å²) in [5, 5.41) is 0. The molecule has 3 nitrogen and oxygen atoms in total. The molecular formula is C16H26FN3. The topological polar surface area (TPSA) is 32.5 Å². The van der Waals surface area contributed by atoms with E-state index in [1.165, 1.54) is 6.07 Å². The van der Waals surface area contributed by atoms with Gasteiger partial charge in [-0.1, -0.05) is 6.07 Å². The van der Waals surface area contributed by atoms with Crippen molar-refractivity contribution in [2.24, 2.45) is 5.73 Å². The second-order valence-corrected chi connectivity index (χ2v) is 6.61. The van der Waals surface area contributed by atoms with Gasteiger partial charge in [0, 0.05) is 44.8 Å². The molecule has 0 unspecified atom stereocenters. The van der Waals surface area contributed by atoms with Crippen molar-refractivity contribution in [3.8, 4) is 0 Å². The molecular weight excluding hydrogens is 253 g/mol. The lowest BCUT2D eigenvalue weighted by Gasteiger charge is -2.42. The molecule has 1 aliphatic heterocycles. The molecule has 0 aliphatic carbocycles. The van der Waals surface area contributed by atoms with E-state index in [4.69, 9.17) is 5.73 Å². The fraction of sp³-hybridized carbons (Fsp3) is 0.625. The number of rotatable bonds is 3. The van der Waals surface area contributed by atoms with Crippen LogP contribution in [0.2, 0.25) is 0 Å². The number of halogens is 1. The van der Waals surface area contributed by atoms with Crippen molar-refractivity contribution in [3.05, 3.63) is 35.1 Å². The number of piperazine rings is 1. The van der Waals surface area contributed by atoms with Gasteiger partial charge in [0.25, 0.3) is 0 Å². The van der Waals surface area contributed by atoms with Gasteiger partial charge in [-0.25, -0.2) is 4.39 Å². The van der Waals surface area contributed by atoms with Gasteiger partial charge in [0.2, 0.25) is 0 Å². The molecule has 1 aromatic carbocycles. The minimum atomic E-state index is -0.184. The van der Waals surface area contributed by atoms with Crippen LogP contribution in [0.25, 0.3) is 0 Å². The van der Waals surface area contributed by atoms with E-state index in [1.807, 2.05) is 6.07 Å². The maximum Gasteiger partial charge on any atom is 0.123 e. The van der Waals surface area contributed by atoms with E-state index >= 15 is 0 Å². The van der Waals surface area contributed by atoms with E-state index in [0.717, 1.165) is 43.9 Å². The van der Waals surface area contributed by atoms with Crippen LogP contribution in [0.4, 0.5) is 4.39 Å². The van der Waals surface area contributed by atoms with Crippen molar-refractivity contribution in [2.75, 3.05) is 26.2 Å². The monoisotopic (exact) mass is 279 g/mol. The average Bonchev–Trinajstić information content (AvgIpc) is 2.37. The Labute approximate surface area is 121 Å². The lowest BCUT2D eigenvalue weighted by atomic mass is 10.0. The predicted octanol–water partition coefficient (Wildman–Crippen LogP) is 2.20. The van der Waals surface area contributed by atoms with Crippen LogP contribution in [0.1, 0.15) is 31.9 Å². The molecule has 0 radical (unpaired) electrons. The minimum absolute atomic E-state index is 0.184. The number of nitrogens with zero attached hydrogens (tertiary/aromatic N) is 2. The van der Waals surface area contributed by atoms with Gasteiger partial charge in [-0.2, -0.15) is 0 Å². The van der Waals surface area contributed by atoms with Crippen LogP contribution in [0.15, 0.2) is 18.2 Å². The number of hydrogen-bond acceptors (Lipinski definition) is 3. The maximum atomic E-state index is 13.5. The molecule has 1 heterocycles. The number of benzene rings is 1. The highest BCUT2D eigenvalue weighted by Gasteiger charge is 2.25. The zero-order valence-corrected chi connectivity index (χ0v) is 12.8. The summed E-state index contributed by atoms with van der Waals surface area (Å²) in [5.74, 6) is -0.184. The molecule has 0 spiro atoms. The van der Waals surface area contributed by atoms with E-state index in [0.29, 0.717) is 6.54 Å². The Balaban J connectivity index is 1.94. The quantitative estimate of drug-likeness (QED) is 0.920. The van der Waals surface area contributed by atoms with E-state index in [1.54, 1.807) is 6.07 Å². The smallest absolute Gasteiger partial charge is 0.123 e. The van der Waals surface area contributed by atoms with Crippen molar-refractivity contribution in [1.29, 1.82) is 0 Å². The SMILES string of the molecule is CC(C)(C)N1CCN(Cc2cc(F)cc(CN)c2)CC1. The minimum Gasteiger partial charge on any atom is -0.326 e. The number of nitrogens with two attached hydrogens (primary N) is 1. The molecule has 2 N–H and O–H groups in total. The third kappa shape index (κ3) is 4.01. The van der Waals surface area contributed by atoms with Crippen LogP contribution in [0, 0.1) is 5.82 Å². The second-order valence-electron chi connectivity index (χ2n) is 6.61. The Morgan fingerprint density at radius 2 is 1.65 bits per heavy atom. The summed E-state index contributed by atoms with van der Waals surface area (Å²) < 4.78 is 13.5. The van der Waals surface area contributed by atoms with Gasteiger partial charge in [0.1, 0.15) is 5.82 Å². The van der Waals surface area contributed by atoms with Crippen LogP contribution in [0.5, 0.6) is 0 Å². The second kappa shape index (κ2) is 6.20. The summed E-state index contributed by atoms with van der Waals surface area (Å²) in [4.78, 5) is 4.89. The molecule has 1 aromatic rings. The lowest BCUT2D eigenvalue weighted by molar-refractivity contribution is 0.0590. The first-order valence-electron chi connectivity index (χ1n) is 7.34. The summed E-state index contributed by atoms with van der Waals surface area (Å²) in [6, 6.07) is 5.15. The van der Waals surface area contributed by atoms with Crippen LogP contribution in [-0.2, 0) is 13.1 Å². The van der Waals surface area contributed by atoms with Gasteiger partial charge in [0.05, 0.1) is 0 Å². The molecule has 1 aliphatic rings. The molecule has 1 fully saturated rings. The predicted molar refractivity (Wildman–Crippen MR) is 80.9 cm³/mol. The first-order chi connectivity index (χ1) is 9.38. The molecule has 20 heavy (non-hydrogen) atoms. The highest BCUT2D eigenvalue weighted by Crippen LogP contribution is 2.18. The van der Waals surface area contributed by atoms with Gasteiger partial charge in [0.15, 0.2) is 0 Å². The van der Waals surface area contributed by atoms with E-state index in [2.05, 4.69) is 30.6 Å². The van der Waals surface area contributed by atoms with Crippen molar-refractivity contribution in [3.63, 3.8) is 0 Å². The Morgan fingerprint density at radius 1 is 1.05 bits per heavy atom. The van der Waals surface area contributed by atoms with Gasteiger partial charge in [-0.15, -0.1) is 0 Å². The van der Waals surface area contributed by atoms with Crippen molar-refractivity contribution < 1.29 is 4.39 Å². The molecule has 2 rings (SSSR count). The summed E-state index contributed by atoms with van der Waals surface area (Å²) >= 11 is 0. The zero-order valence-electron chi connectivity index (χ0n) is 12.8. The Bertz CT molecular complexity index is 446. The Kier molecular flexibility index (Phi) is 4.78. The van der Waals surface area contributed by atoms with Crippen LogP contribution < -0.4 is 5.73 Å². The van der Waals surface area contributed by atoms with Gasteiger partial charge < -0.3 is 5.73 Å². The van der Waals surface area contributed by atoms with Crippen LogP contribution in [0.3, 0.4) is 0 Å². The maximum absolute atomic E-state index is 13.5. The Hall–Kier alpha value is -0.970. The summed E-state index contributed by atoms with van der Waals surface area (Å²) in [7, 11) is 0. The first kappa shape index (κ1) is 15.4. The third-order valence-corrected chi connectivity index (χ3v) is 3.98. The average molecular weight is 279 g/mol. The highest BCUT2D eigenvalue weighted by atomic mass is 19.1. The first-order valence-corrected chi connectivity index (χ1v) is 7.34. The number of hydrogen-bond donors (Lipinski definition) is 1. The third-order valence-electron chi connectivity index (χ3n) is 3.98. The van der Waals surface area contributed by atoms with Crippen molar-refractivity contribution in [1.82, 2.24) is 9.80 Å². The van der Waals surface area contributed by atoms with Crippen LogP contribution in [-0.4, -0.2) is 41.5 Å². The van der Waals surface area contributed by atoms with E-state index in [9.17, 15) is 4.39 Å². The van der Waals surface area contributed by atoms with Gasteiger partial charge >= 0.3 is 0 Å². The molecule has 0 amide bonds. The van der Waals surface area contributed by atoms with Gasteiger partial charge in [-0.3, -0.25) is 9.80 Å². The Morgan fingerprint density at radius 3 is 2.20 bits per heavy atom. The fourth-order valence-corrected chi connectivity index (χ4v) is 2.76.